The zero-order valence-corrected chi connectivity index (χ0v) is 14.3. The number of benzene rings is 1. The van der Waals surface area contributed by atoms with E-state index in [2.05, 4.69) is 42.3 Å². The maximum Gasteiger partial charge on any atom is 0.226 e. The zero-order valence-electron chi connectivity index (χ0n) is 11.2. The summed E-state index contributed by atoms with van der Waals surface area (Å²) in [5, 5.41) is 9.35. The molecule has 108 valence electrons. The highest BCUT2D eigenvalue weighted by molar-refractivity contribution is 9.09. The van der Waals surface area contributed by atoms with E-state index in [9.17, 15) is 4.79 Å². The van der Waals surface area contributed by atoms with Gasteiger partial charge in [0.15, 0.2) is 5.58 Å². The van der Waals surface area contributed by atoms with Crippen molar-refractivity contribution < 1.29 is 9.32 Å². The maximum atomic E-state index is 12.2. The van der Waals surface area contributed by atoms with E-state index in [4.69, 9.17) is 4.52 Å². The van der Waals surface area contributed by atoms with E-state index in [1.54, 1.807) is 0 Å². The summed E-state index contributed by atoms with van der Waals surface area (Å²) in [4.78, 5) is 12.2. The Hall–Kier alpha value is -0.880. The highest BCUT2D eigenvalue weighted by Crippen LogP contribution is 2.20. The molecule has 0 spiro atoms. The Kier molecular flexibility index (Phi) is 5.21. The number of nitrogens with zero attached hydrogens (tertiary/aromatic N) is 1. The first-order chi connectivity index (χ1) is 9.64. The molecular weight excluding hydrogens is 388 g/mol. The van der Waals surface area contributed by atoms with Crippen LogP contribution in [0.2, 0.25) is 0 Å². The number of nitrogens with one attached hydrogen (secondary N) is 1. The molecule has 0 aliphatic heterocycles. The number of alkyl halides is 2. The Morgan fingerprint density at radius 2 is 2.05 bits per heavy atom. The summed E-state index contributed by atoms with van der Waals surface area (Å²) >= 11 is 6.92. The number of amides is 1. The second kappa shape index (κ2) is 6.72. The number of carbonyl (C=O) groups is 1. The number of carbonyl (C=O) groups excluding carboxylic acids is 1. The van der Waals surface area contributed by atoms with Crippen LogP contribution in [0.5, 0.6) is 0 Å². The number of hydrogen-bond donors (Lipinski definition) is 1. The van der Waals surface area contributed by atoms with Crippen LogP contribution < -0.4 is 5.32 Å². The van der Waals surface area contributed by atoms with E-state index in [-0.39, 0.29) is 17.9 Å². The van der Waals surface area contributed by atoms with Gasteiger partial charge in [-0.3, -0.25) is 4.79 Å². The molecular formula is C14H16Br2N2O2. The molecule has 20 heavy (non-hydrogen) atoms. The van der Waals surface area contributed by atoms with Crippen molar-refractivity contribution in [3.05, 3.63) is 30.0 Å². The van der Waals surface area contributed by atoms with Gasteiger partial charge < -0.3 is 9.84 Å². The van der Waals surface area contributed by atoms with Gasteiger partial charge in [-0.25, -0.2) is 0 Å². The summed E-state index contributed by atoms with van der Waals surface area (Å²) in [6, 6.07) is 7.55. The van der Waals surface area contributed by atoms with Crippen LogP contribution in [-0.2, 0) is 11.2 Å². The first-order valence-corrected chi connectivity index (χ1v) is 8.64. The summed E-state index contributed by atoms with van der Waals surface area (Å²) in [6.45, 7) is 2.05. The SMILES string of the molecule is CCC(CBr)(CBr)NC(=O)Cc1noc2ccccc12. The number of rotatable bonds is 6. The van der Waals surface area contributed by atoms with E-state index < -0.39 is 0 Å². The normalized spacial score (nSPS) is 11.8. The number of hydrogen-bond acceptors (Lipinski definition) is 3. The van der Waals surface area contributed by atoms with E-state index in [0.717, 1.165) is 11.8 Å². The number of para-hydroxylation sites is 1. The topological polar surface area (TPSA) is 55.1 Å². The molecule has 0 bridgehead atoms. The summed E-state index contributed by atoms with van der Waals surface area (Å²) in [6.07, 6.45) is 1.06. The summed E-state index contributed by atoms with van der Waals surface area (Å²) in [5.41, 5.74) is 1.11. The molecule has 0 atom stereocenters. The molecule has 1 heterocycles. The van der Waals surface area contributed by atoms with Gasteiger partial charge in [0.05, 0.1) is 12.0 Å². The lowest BCUT2D eigenvalue weighted by atomic mass is 10.0. The fourth-order valence-electron chi connectivity index (χ4n) is 1.94. The summed E-state index contributed by atoms with van der Waals surface area (Å²) in [5.74, 6) is -0.0511. The summed E-state index contributed by atoms with van der Waals surface area (Å²) in [7, 11) is 0. The Labute approximate surface area is 134 Å². The molecule has 4 nitrogen and oxygen atoms in total. The number of halogens is 2. The van der Waals surface area contributed by atoms with Gasteiger partial charge in [0.1, 0.15) is 5.69 Å². The first-order valence-electron chi connectivity index (χ1n) is 6.40. The van der Waals surface area contributed by atoms with Gasteiger partial charge >= 0.3 is 0 Å². The lowest BCUT2D eigenvalue weighted by Gasteiger charge is -2.29. The van der Waals surface area contributed by atoms with Crippen molar-refractivity contribution in [2.45, 2.75) is 25.3 Å². The van der Waals surface area contributed by atoms with E-state index in [1.165, 1.54) is 0 Å². The Morgan fingerprint density at radius 3 is 2.70 bits per heavy atom. The molecule has 1 N–H and O–H groups in total. The van der Waals surface area contributed by atoms with Gasteiger partial charge in [0.2, 0.25) is 5.91 Å². The second-order valence-corrected chi connectivity index (χ2v) is 5.87. The number of fused-ring (bicyclic) bond motifs is 1. The largest absolute Gasteiger partial charge is 0.356 e. The Balaban J connectivity index is 2.12. The van der Waals surface area contributed by atoms with Gasteiger partial charge in [-0.15, -0.1) is 0 Å². The van der Waals surface area contributed by atoms with Gasteiger partial charge in [0.25, 0.3) is 0 Å². The average molecular weight is 404 g/mol. The zero-order chi connectivity index (χ0) is 14.6. The third-order valence-electron chi connectivity index (χ3n) is 3.37. The quantitative estimate of drug-likeness (QED) is 0.751. The van der Waals surface area contributed by atoms with Crippen LogP contribution >= 0.6 is 31.9 Å². The fourth-order valence-corrected chi connectivity index (χ4v) is 3.94. The highest BCUT2D eigenvalue weighted by Gasteiger charge is 2.28. The van der Waals surface area contributed by atoms with Gasteiger partial charge in [0, 0.05) is 16.0 Å². The molecule has 1 amide bonds. The second-order valence-electron chi connectivity index (χ2n) is 4.75. The van der Waals surface area contributed by atoms with Gasteiger partial charge in [-0.2, -0.15) is 0 Å². The molecule has 0 aliphatic rings. The maximum absolute atomic E-state index is 12.2. The van der Waals surface area contributed by atoms with Crippen molar-refractivity contribution in [1.29, 1.82) is 0 Å². The predicted octanol–water partition coefficient (Wildman–Crippen LogP) is 3.43. The smallest absolute Gasteiger partial charge is 0.226 e. The molecule has 0 aliphatic carbocycles. The van der Waals surface area contributed by atoms with Crippen molar-refractivity contribution in [1.82, 2.24) is 10.5 Å². The average Bonchev–Trinajstić information content (AvgIpc) is 2.88. The van der Waals surface area contributed by atoms with Gasteiger partial charge in [-0.05, 0) is 18.6 Å². The molecule has 0 unspecified atom stereocenters. The minimum Gasteiger partial charge on any atom is -0.356 e. The minimum absolute atomic E-state index is 0.0511. The van der Waals surface area contributed by atoms with Crippen LogP contribution in [0.4, 0.5) is 0 Å². The molecule has 0 saturated carbocycles. The fraction of sp³-hybridized carbons (Fsp3) is 0.429. The van der Waals surface area contributed by atoms with Crippen LogP contribution in [0.1, 0.15) is 19.0 Å². The molecule has 0 saturated heterocycles. The van der Waals surface area contributed by atoms with Gasteiger partial charge in [-0.1, -0.05) is 56.1 Å². The van der Waals surface area contributed by atoms with E-state index in [1.807, 2.05) is 31.2 Å². The molecule has 0 radical (unpaired) electrons. The van der Waals surface area contributed by atoms with Crippen molar-refractivity contribution in [2.75, 3.05) is 10.7 Å². The summed E-state index contributed by atoms with van der Waals surface area (Å²) < 4.78 is 5.21. The van der Waals surface area contributed by atoms with Crippen LogP contribution in [0.15, 0.2) is 28.8 Å². The molecule has 2 aromatic rings. The lowest BCUT2D eigenvalue weighted by molar-refractivity contribution is -0.122. The van der Waals surface area contributed by atoms with E-state index >= 15 is 0 Å². The highest BCUT2D eigenvalue weighted by atomic mass is 79.9. The third kappa shape index (κ3) is 3.23. The molecule has 1 aromatic heterocycles. The van der Waals surface area contributed by atoms with Crippen molar-refractivity contribution in [2.24, 2.45) is 0 Å². The van der Waals surface area contributed by atoms with Crippen LogP contribution in [0, 0.1) is 0 Å². The van der Waals surface area contributed by atoms with Crippen LogP contribution in [0.3, 0.4) is 0 Å². The molecule has 0 fully saturated rings. The molecule has 1 aromatic carbocycles. The standard InChI is InChI=1S/C14H16Br2N2O2/c1-2-14(8-15,9-16)17-13(19)7-11-10-5-3-4-6-12(10)20-18-11/h3-6H,2,7-9H2,1H3,(H,17,19). The third-order valence-corrected chi connectivity index (χ3v) is 5.52. The molecule has 6 heteroatoms. The minimum atomic E-state index is -0.267. The molecule has 2 rings (SSSR count). The Bertz CT molecular complexity index is 585. The monoisotopic (exact) mass is 402 g/mol. The van der Waals surface area contributed by atoms with Crippen molar-refractivity contribution in [3.8, 4) is 0 Å². The van der Waals surface area contributed by atoms with E-state index in [0.29, 0.717) is 21.9 Å². The predicted molar refractivity (Wildman–Crippen MR) is 86.5 cm³/mol. The van der Waals surface area contributed by atoms with Crippen LogP contribution in [-0.4, -0.2) is 27.3 Å². The van der Waals surface area contributed by atoms with Crippen molar-refractivity contribution >= 4 is 48.7 Å². The van der Waals surface area contributed by atoms with Crippen LogP contribution in [0.25, 0.3) is 11.0 Å². The van der Waals surface area contributed by atoms with Crippen molar-refractivity contribution in [3.63, 3.8) is 0 Å². The Morgan fingerprint density at radius 1 is 1.35 bits per heavy atom. The first kappa shape index (κ1) is 15.5. The lowest BCUT2D eigenvalue weighted by Crippen LogP contribution is -2.51. The number of aromatic nitrogens is 1.